The van der Waals surface area contributed by atoms with Crippen LogP contribution < -0.4 is 25.9 Å². The zero-order valence-corrected chi connectivity index (χ0v) is 28.1. The zero-order valence-electron chi connectivity index (χ0n) is 28.1. The molecule has 3 heteroatoms. The van der Waals surface area contributed by atoms with E-state index in [-0.39, 0.29) is 6.71 Å². The number of ether oxygens (including phenoxy) is 2. The topological polar surface area (TPSA) is 18.5 Å². The largest absolute Gasteiger partial charge is 0.458 e. The molecule has 0 N–H and O–H groups in total. The third kappa shape index (κ3) is 3.50. The summed E-state index contributed by atoms with van der Waals surface area (Å²) >= 11 is 0. The Bertz CT molecular complexity index is 2760. The standard InChI is InChI=1S/C49H29BO2/c1-2-14-32(37-27-28-46-47-48(37)52-45-24-12-10-22-43(45)50(47)42-21-9-11-23-44(42)51-46)31(13-1)30-25-26-36-35-17-5-8-20-40(35)49(41(36)29-30)38-18-6-3-15-33(38)34-16-4-7-19-39(34)49/h1-29H. The SMILES string of the molecule is c1ccc2c(c1)Oc1ccc(-c3ccccc3-c3ccc4c(c3)C3(c5ccccc5-c5ccccc53)c3ccccc3-4)c3c1B2c1ccccc1O3. The first-order valence-corrected chi connectivity index (χ1v) is 18.0. The van der Waals surface area contributed by atoms with Gasteiger partial charge in [-0.1, -0.05) is 146 Å². The minimum atomic E-state index is -0.396. The monoisotopic (exact) mass is 660 g/mol. The van der Waals surface area contributed by atoms with Crippen LogP contribution in [0.1, 0.15) is 22.3 Å². The summed E-state index contributed by atoms with van der Waals surface area (Å²) in [5.74, 6) is 3.51. The van der Waals surface area contributed by atoms with E-state index in [1.807, 2.05) is 6.07 Å². The molecule has 8 aromatic rings. The third-order valence-corrected chi connectivity index (χ3v) is 11.9. The molecular weight excluding hydrogens is 631 g/mol. The number of rotatable bonds is 2. The Hall–Kier alpha value is -6.58. The summed E-state index contributed by atoms with van der Waals surface area (Å²) in [6.07, 6.45) is 0. The lowest BCUT2D eigenvalue weighted by Gasteiger charge is -2.34. The van der Waals surface area contributed by atoms with Gasteiger partial charge in [0.1, 0.15) is 23.0 Å². The van der Waals surface area contributed by atoms with Crippen molar-refractivity contribution in [3.8, 4) is 67.5 Å². The Morgan fingerprint density at radius 2 is 0.827 bits per heavy atom. The molecule has 8 aromatic carbocycles. The van der Waals surface area contributed by atoms with Crippen LogP contribution in [-0.2, 0) is 5.41 Å². The van der Waals surface area contributed by atoms with Crippen molar-refractivity contribution in [3.05, 3.63) is 198 Å². The van der Waals surface area contributed by atoms with Crippen LogP contribution in [0.25, 0.3) is 44.5 Å². The van der Waals surface area contributed by atoms with Crippen molar-refractivity contribution in [2.24, 2.45) is 0 Å². The van der Waals surface area contributed by atoms with E-state index in [9.17, 15) is 0 Å². The molecule has 0 radical (unpaired) electrons. The van der Waals surface area contributed by atoms with Gasteiger partial charge in [-0.25, -0.2) is 0 Å². The summed E-state index contributed by atoms with van der Waals surface area (Å²) in [6, 6.07) is 64.1. The lowest BCUT2D eigenvalue weighted by atomic mass is 9.34. The molecule has 12 rings (SSSR count). The van der Waals surface area contributed by atoms with Gasteiger partial charge in [-0.15, -0.1) is 0 Å². The van der Waals surface area contributed by atoms with Crippen LogP contribution in [0, 0.1) is 0 Å². The lowest BCUT2D eigenvalue weighted by Crippen LogP contribution is -2.57. The van der Waals surface area contributed by atoms with Crippen molar-refractivity contribution in [3.63, 3.8) is 0 Å². The first-order chi connectivity index (χ1) is 25.8. The average molecular weight is 661 g/mol. The van der Waals surface area contributed by atoms with Crippen LogP contribution in [0.15, 0.2) is 176 Å². The van der Waals surface area contributed by atoms with Gasteiger partial charge in [-0.3, -0.25) is 0 Å². The maximum absolute atomic E-state index is 6.91. The molecule has 0 atom stereocenters. The average Bonchev–Trinajstić information content (AvgIpc) is 3.68. The summed E-state index contributed by atoms with van der Waals surface area (Å²) < 4.78 is 13.5. The fraction of sp³-hybridized carbons (Fsp3) is 0.0204. The molecule has 0 saturated heterocycles. The molecule has 0 unspecified atom stereocenters. The lowest BCUT2D eigenvalue weighted by molar-refractivity contribution is 0.465. The van der Waals surface area contributed by atoms with Gasteiger partial charge in [-0.05, 0) is 102 Å². The van der Waals surface area contributed by atoms with E-state index in [1.165, 1.54) is 55.6 Å². The van der Waals surface area contributed by atoms with Gasteiger partial charge in [0.2, 0.25) is 0 Å². The van der Waals surface area contributed by atoms with Gasteiger partial charge in [-0.2, -0.15) is 0 Å². The molecular formula is C49H29BO2. The van der Waals surface area contributed by atoms with E-state index in [0.29, 0.717) is 0 Å². The Labute approximate surface area is 302 Å². The van der Waals surface area contributed by atoms with Crippen LogP contribution in [0.5, 0.6) is 23.0 Å². The Kier molecular flexibility index (Phi) is 5.55. The number of hydrogen-bond acceptors (Lipinski definition) is 2. The molecule has 4 aliphatic rings. The fourth-order valence-corrected chi connectivity index (χ4v) is 9.83. The summed E-state index contributed by atoms with van der Waals surface area (Å²) in [4.78, 5) is 0. The van der Waals surface area contributed by atoms with Gasteiger partial charge in [0, 0.05) is 11.0 Å². The highest BCUT2D eigenvalue weighted by Gasteiger charge is 2.51. The summed E-state index contributed by atoms with van der Waals surface area (Å²) in [6.45, 7) is 0.0212. The number of benzene rings is 8. The number of para-hydroxylation sites is 2. The van der Waals surface area contributed by atoms with Gasteiger partial charge < -0.3 is 9.47 Å². The predicted octanol–water partition coefficient (Wildman–Crippen LogP) is 10.1. The van der Waals surface area contributed by atoms with Crippen molar-refractivity contribution in [2.75, 3.05) is 0 Å². The number of hydrogen-bond donors (Lipinski definition) is 0. The molecule has 1 spiro atoms. The van der Waals surface area contributed by atoms with Crippen molar-refractivity contribution in [2.45, 2.75) is 5.41 Å². The third-order valence-electron chi connectivity index (χ3n) is 11.9. The van der Waals surface area contributed by atoms with E-state index in [1.54, 1.807) is 0 Å². The summed E-state index contributed by atoms with van der Waals surface area (Å²) in [7, 11) is 0. The molecule has 2 nitrogen and oxygen atoms in total. The molecule has 2 aliphatic carbocycles. The Balaban J connectivity index is 1.09. The molecule has 0 fully saturated rings. The van der Waals surface area contributed by atoms with Crippen molar-refractivity contribution in [1.82, 2.24) is 0 Å². The highest BCUT2D eigenvalue weighted by molar-refractivity contribution is 6.98. The normalized spacial score (nSPS) is 14.2. The first-order valence-electron chi connectivity index (χ1n) is 18.0. The minimum absolute atomic E-state index is 0.0212. The van der Waals surface area contributed by atoms with Crippen molar-refractivity contribution in [1.29, 1.82) is 0 Å². The molecule has 52 heavy (non-hydrogen) atoms. The van der Waals surface area contributed by atoms with Crippen LogP contribution >= 0.6 is 0 Å². The molecule has 240 valence electrons. The zero-order chi connectivity index (χ0) is 34.0. The second kappa shape index (κ2) is 10.2. The van der Waals surface area contributed by atoms with Gasteiger partial charge in [0.05, 0.1) is 5.41 Å². The Morgan fingerprint density at radius 3 is 1.46 bits per heavy atom. The van der Waals surface area contributed by atoms with Crippen LogP contribution in [-0.4, -0.2) is 6.71 Å². The smallest absolute Gasteiger partial charge is 0.260 e. The molecule has 2 heterocycles. The maximum Gasteiger partial charge on any atom is 0.260 e. The van der Waals surface area contributed by atoms with E-state index in [0.717, 1.165) is 50.5 Å². The fourth-order valence-electron chi connectivity index (χ4n) is 9.83. The second-order valence-electron chi connectivity index (χ2n) is 14.3. The van der Waals surface area contributed by atoms with E-state index < -0.39 is 5.41 Å². The van der Waals surface area contributed by atoms with E-state index in [2.05, 4.69) is 170 Å². The molecule has 0 bridgehead atoms. The Morgan fingerprint density at radius 1 is 0.346 bits per heavy atom. The molecule has 0 amide bonds. The highest BCUT2D eigenvalue weighted by Crippen LogP contribution is 2.63. The molecule has 2 aliphatic heterocycles. The minimum Gasteiger partial charge on any atom is -0.458 e. The molecule has 0 aromatic heterocycles. The predicted molar refractivity (Wildman–Crippen MR) is 211 cm³/mol. The maximum atomic E-state index is 6.91. The number of fused-ring (bicyclic) bond motifs is 14. The molecule has 0 saturated carbocycles. The van der Waals surface area contributed by atoms with Crippen LogP contribution in [0.3, 0.4) is 0 Å². The van der Waals surface area contributed by atoms with Gasteiger partial charge in [0.15, 0.2) is 0 Å². The van der Waals surface area contributed by atoms with E-state index in [4.69, 9.17) is 9.47 Å². The van der Waals surface area contributed by atoms with Crippen molar-refractivity contribution >= 4 is 23.1 Å². The summed E-state index contributed by atoms with van der Waals surface area (Å²) in [5, 5.41) is 0. The van der Waals surface area contributed by atoms with Crippen LogP contribution in [0.4, 0.5) is 0 Å². The first kappa shape index (κ1) is 28.2. The quantitative estimate of drug-likeness (QED) is 0.172. The van der Waals surface area contributed by atoms with Gasteiger partial charge in [0.25, 0.3) is 6.71 Å². The van der Waals surface area contributed by atoms with Crippen molar-refractivity contribution < 1.29 is 9.47 Å². The van der Waals surface area contributed by atoms with E-state index >= 15 is 0 Å². The summed E-state index contributed by atoms with van der Waals surface area (Å²) in [5.41, 5.74) is 18.2. The highest BCUT2D eigenvalue weighted by atomic mass is 16.5. The van der Waals surface area contributed by atoms with Crippen LogP contribution in [0.2, 0.25) is 0 Å². The van der Waals surface area contributed by atoms with Gasteiger partial charge >= 0.3 is 0 Å². The second-order valence-corrected chi connectivity index (χ2v) is 14.3.